The normalized spacial score (nSPS) is 9.46. The molecule has 0 saturated carbocycles. The monoisotopic (exact) mass is 182 g/mol. The summed E-state index contributed by atoms with van der Waals surface area (Å²) in [6.45, 7) is 1.30. The molecule has 0 aromatic carbocycles. The summed E-state index contributed by atoms with van der Waals surface area (Å²) in [5.74, 6) is -0.325. The molecule has 0 aliphatic rings. The van der Waals surface area contributed by atoms with Crippen molar-refractivity contribution in [3.05, 3.63) is 23.7 Å². The van der Waals surface area contributed by atoms with Crippen LogP contribution in [0.2, 0.25) is 0 Å². The number of anilines is 2. The standard InChI is InChI=1S/C7H8N3O3/c1-5(11)9-6-2-3-8-4-7(6)10(12)13/h2-4,12H,1H3,(H,8,9,11)/q-1. The lowest BCUT2D eigenvalue weighted by atomic mass is 10.3. The molecule has 6 nitrogen and oxygen atoms in total. The molecular weight excluding hydrogens is 174 g/mol. The van der Waals surface area contributed by atoms with Crippen molar-refractivity contribution in [2.24, 2.45) is 0 Å². The predicted octanol–water partition coefficient (Wildman–Crippen LogP) is 0.733. The Bertz CT molecular complexity index is 314. The first-order valence-electron chi connectivity index (χ1n) is 3.49. The maximum atomic E-state index is 10.7. The van der Waals surface area contributed by atoms with Gasteiger partial charge in [-0.1, -0.05) is 0 Å². The Morgan fingerprint density at radius 2 is 2.46 bits per heavy atom. The summed E-state index contributed by atoms with van der Waals surface area (Å²) in [4.78, 5) is 14.3. The van der Waals surface area contributed by atoms with Crippen LogP contribution in [0.3, 0.4) is 0 Å². The van der Waals surface area contributed by atoms with Crippen molar-refractivity contribution in [3.63, 3.8) is 0 Å². The molecule has 0 aliphatic heterocycles. The van der Waals surface area contributed by atoms with Crippen LogP contribution in [-0.2, 0) is 4.79 Å². The van der Waals surface area contributed by atoms with E-state index in [1.54, 1.807) is 0 Å². The molecule has 0 spiro atoms. The lowest BCUT2D eigenvalue weighted by Crippen LogP contribution is -2.13. The molecule has 0 fully saturated rings. The SMILES string of the molecule is CC(=O)Nc1ccncc1N([O-])O. The minimum atomic E-state index is -0.349. The molecule has 0 saturated heterocycles. The Morgan fingerprint density at radius 3 is 3.00 bits per heavy atom. The fraction of sp³-hybridized carbons (Fsp3) is 0.143. The van der Waals surface area contributed by atoms with Gasteiger partial charge in [0.25, 0.3) is 0 Å². The van der Waals surface area contributed by atoms with E-state index in [-0.39, 0.29) is 22.5 Å². The summed E-state index contributed by atoms with van der Waals surface area (Å²) in [6.07, 6.45) is 2.55. The van der Waals surface area contributed by atoms with E-state index in [1.807, 2.05) is 0 Å². The van der Waals surface area contributed by atoms with Crippen molar-refractivity contribution in [3.8, 4) is 0 Å². The molecule has 1 amide bonds. The lowest BCUT2D eigenvalue weighted by molar-refractivity contribution is -0.114. The van der Waals surface area contributed by atoms with Crippen LogP contribution in [0.5, 0.6) is 0 Å². The molecule has 1 rings (SSSR count). The van der Waals surface area contributed by atoms with Crippen molar-refractivity contribution in [1.29, 1.82) is 0 Å². The Balaban J connectivity index is 2.97. The summed E-state index contributed by atoms with van der Waals surface area (Å²) in [5, 5.41) is 21.2. The van der Waals surface area contributed by atoms with E-state index in [9.17, 15) is 10.0 Å². The van der Waals surface area contributed by atoms with E-state index in [0.717, 1.165) is 6.20 Å². The summed E-state index contributed by atoms with van der Waals surface area (Å²) in [5.41, 5.74) is 0.123. The molecule has 6 heteroatoms. The van der Waals surface area contributed by atoms with Crippen LogP contribution in [0.25, 0.3) is 0 Å². The predicted molar refractivity (Wildman–Crippen MR) is 46.2 cm³/mol. The third-order valence-corrected chi connectivity index (χ3v) is 1.32. The van der Waals surface area contributed by atoms with Crippen molar-refractivity contribution in [2.75, 3.05) is 10.5 Å². The van der Waals surface area contributed by atoms with Gasteiger partial charge in [-0.2, -0.15) is 0 Å². The molecule has 0 radical (unpaired) electrons. The van der Waals surface area contributed by atoms with Crippen molar-refractivity contribution in [2.45, 2.75) is 6.92 Å². The first kappa shape index (κ1) is 9.43. The van der Waals surface area contributed by atoms with Crippen LogP contribution in [0, 0.1) is 5.21 Å². The number of aromatic nitrogens is 1. The van der Waals surface area contributed by atoms with Gasteiger partial charge in [-0.15, -0.1) is 0 Å². The average Bonchev–Trinajstić information content (AvgIpc) is 2.03. The molecular formula is C7H8N3O3-. The molecule has 1 aromatic rings. The number of nitrogens with one attached hydrogen (secondary N) is 1. The van der Waals surface area contributed by atoms with Crippen LogP contribution >= 0.6 is 0 Å². The molecule has 0 bridgehead atoms. The highest BCUT2D eigenvalue weighted by Gasteiger charge is 2.03. The van der Waals surface area contributed by atoms with Gasteiger partial charge in [-0.25, -0.2) is 0 Å². The summed E-state index contributed by atoms with van der Waals surface area (Å²) in [7, 11) is 0. The number of rotatable bonds is 2. The summed E-state index contributed by atoms with van der Waals surface area (Å²) in [6, 6.07) is 1.41. The maximum Gasteiger partial charge on any atom is 0.221 e. The third kappa shape index (κ3) is 2.39. The van der Waals surface area contributed by atoms with Gasteiger partial charge in [0.15, 0.2) is 0 Å². The quantitative estimate of drug-likeness (QED) is 0.658. The zero-order chi connectivity index (χ0) is 9.84. The minimum Gasteiger partial charge on any atom is -0.733 e. The highest BCUT2D eigenvalue weighted by molar-refractivity contribution is 5.92. The molecule has 13 heavy (non-hydrogen) atoms. The van der Waals surface area contributed by atoms with Crippen molar-refractivity contribution >= 4 is 17.3 Å². The smallest absolute Gasteiger partial charge is 0.221 e. The Kier molecular flexibility index (Phi) is 2.78. The fourth-order valence-corrected chi connectivity index (χ4v) is 0.834. The Morgan fingerprint density at radius 1 is 1.77 bits per heavy atom. The van der Waals surface area contributed by atoms with Gasteiger partial charge in [0.05, 0.1) is 17.6 Å². The number of carbonyl (C=O) groups excluding carboxylic acids is 1. The minimum absolute atomic E-state index is 0.0994. The topological polar surface area (TPSA) is 88.5 Å². The van der Waals surface area contributed by atoms with E-state index < -0.39 is 0 Å². The number of hydrogen-bond donors (Lipinski definition) is 2. The van der Waals surface area contributed by atoms with E-state index in [0.29, 0.717) is 0 Å². The Hall–Kier alpha value is -1.66. The van der Waals surface area contributed by atoms with E-state index in [4.69, 9.17) is 5.21 Å². The molecule has 1 heterocycles. The summed E-state index contributed by atoms with van der Waals surface area (Å²) >= 11 is 0. The lowest BCUT2D eigenvalue weighted by Gasteiger charge is -2.23. The largest absolute Gasteiger partial charge is 0.733 e. The van der Waals surface area contributed by atoms with Gasteiger partial charge in [-0.05, 0) is 6.07 Å². The van der Waals surface area contributed by atoms with Crippen LogP contribution < -0.4 is 10.5 Å². The van der Waals surface area contributed by atoms with Gasteiger partial charge in [0, 0.05) is 13.1 Å². The van der Waals surface area contributed by atoms with E-state index >= 15 is 0 Å². The van der Waals surface area contributed by atoms with Gasteiger partial charge in [0.2, 0.25) is 5.91 Å². The average molecular weight is 182 g/mol. The number of nitrogens with zero attached hydrogens (tertiary/aromatic N) is 2. The van der Waals surface area contributed by atoms with Crippen molar-refractivity contribution < 1.29 is 10.0 Å². The Labute approximate surface area is 74.3 Å². The molecule has 70 valence electrons. The van der Waals surface area contributed by atoms with Gasteiger partial charge >= 0.3 is 0 Å². The fourth-order valence-electron chi connectivity index (χ4n) is 0.834. The molecule has 0 aliphatic carbocycles. The number of amides is 1. The van der Waals surface area contributed by atoms with Crippen LogP contribution in [-0.4, -0.2) is 16.1 Å². The van der Waals surface area contributed by atoms with Crippen LogP contribution in [0.1, 0.15) is 6.92 Å². The van der Waals surface area contributed by atoms with Crippen LogP contribution in [0.4, 0.5) is 11.4 Å². The molecule has 0 atom stereocenters. The second kappa shape index (κ2) is 3.83. The van der Waals surface area contributed by atoms with Gasteiger partial charge in [0.1, 0.15) is 0 Å². The zero-order valence-corrected chi connectivity index (χ0v) is 6.89. The molecule has 0 unspecified atom stereocenters. The number of carbonyl (C=O) groups is 1. The second-order valence-electron chi connectivity index (χ2n) is 2.35. The highest BCUT2D eigenvalue weighted by atomic mass is 16.8. The first-order chi connectivity index (χ1) is 6.11. The van der Waals surface area contributed by atoms with E-state index in [2.05, 4.69) is 10.3 Å². The van der Waals surface area contributed by atoms with E-state index in [1.165, 1.54) is 19.2 Å². The number of pyridine rings is 1. The molecule has 2 N–H and O–H groups in total. The van der Waals surface area contributed by atoms with Crippen LogP contribution in [0.15, 0.2) is 18.5 Å². The summed E-state index contributed by atoms with van der Waals surface area (Å²) < 4.78 is 0. The second-order valence-corrected chi connectivity index (χ2v) is 2.35. The highest BCUT2D eigenvalue weighted by Crippen LogP contribution is 2.21. The van der Waals surface area contributed by atoms with Gasteiger partial charge in [-0.3, -0.25) is 15.0 Å². The van der Waals surface area contributed by atoms with Gasteiger partial charge < -0.3 is 15.8 Å². The molecule has 1 aromatic heterocycles. The van der Waals surface area contributed by atoms with Crippen molar-refractivity contribution in [1.82, 2.24) is 4.98 Å². The first-order valence-corrected chi connectivity index (χ1v) is 3.49. The number of hydrogen-bond acceptors (Lipinski definition) is 5. The zero-order valence-electron chi connectivity index (χ0n) is 6.89. The third-order valence-electron chi connectivity index (χ3n) is 1.32. The maximum absolute atomic E-state index is 10.7.